The minimum absolute atomic E-state index is 2.21. The highest BCUT2D eigenvalue weighted by Crippen LogP contribution is 2.38. The summed E-state index contributed by atoms with van der Waals surface area (Å²) in [5.74, 6) is 0. The van der Waals surface area contributed by atoms with E-state index in [1.807, 2.05) is 0 Å². The molecule has 0 aromatic rings. The highest BCUT2D eigenvalue weighted by atomic mass is 19.4. The van der Waals surface area contributed by atoms with Gasteiger partial charge in [0.05, 0.1) is 0 Å². The molecule has 2 unspecified atom stereocenters. The lowest BCUT2D eigenvalue weighted by atomic mass is 10.0. The summed E-state index contributed by atoms with van der Waals surface area (Å²) in [4.78, 5) is 0. The molecule has 0 aliphatic heterocycles. The second-order valence-corrected chi connectivity index (χ2v) is 2.12. The highest BCUT2D eigenvalue weighted by Gasteiger charge is 2.62. The van der Waals surface area contributed by atoms with Gasteiger partial charge in [0.15, 0.2) is 6.17 Å². The van der Waals surface area contributed by atoms with Gasteiger partial charge in [0, 0.05) is 0 Å². The summed E-state index contributed by atoms with van der Waals surface area (Å²) >= 11 is 0. The van der Waals surface area contributed by atoms with Crippen LogP contribution < -0.4 is 0 Å². The first-order chi connectivity index (χ1) is 5.29. The number of hydrogen-bond donors (Lipinski definition) is 0. The maximum atomic E-state index is 12.3. The number of halogens is 7. The number of rotatable bonds is 3. The van der Waals surface area contributed by atoms with Crippen LogP contribution in [0, 0.1) is 0 Å². The quantitative estimate of drug-likeness (QED) is 0.611. The van der Waals surface area contributed by atoms with Crippen molar-refractivity contribution in [3.8, 4) is 0 Å². The Balaban J connectivity index is 4.67. The van der Waals surface area contributed by atoms with E-state index in [-0.39, 0.29) is 0 Å². The van der Waals surface area contributed by atoms with Crippen LogP contribution in [-0.2, 0) is 0 Å². The molecule has 0 nitrogen and oxygen atoms in total. The maximum Gasteiger partial charge on any atom is 0.428 e. The molecule has 74 valence electrons. The molecule has 0 heterocycles. The Bertz CT molecular complexity index is 141. The van der Waals surface area contributed by atoms with Gasteiger partial charge in [-0.05, 0) is 0 Å². The van der Waals surface area contributed by atoms with Gasteiger partial charge in [0.1, 0.15) is 13.3 Å². The fourth-order valence-electron chi connectivity index (χ4n) is 0.459. The van der Waals surface area contributed by atoms with Gasteiger partial charge in [-0.25, -0.2) is 17.6 Å². The Labute approximate surface area is 63.4 Å². The Morgan fingerprint density at radius 2 is 1.42 bits per heavy atom. The second kappa shape index (κ2) is 3.49. The lowest BCUT2D eigenvalue weighted by Gasteiger charge is -2.26. The van der Waals surface area contributed by atoms with Crippen LogP contribution in [-0.4, -0.2) is 31.4 Å². The molecule has 0 aromatic heterocycles. The molecule has 0 N–H and O–H groups in total. The van der Waals surface area contributed by atoms with Gasteiger partial charge in [0.25, 0.3) is 5.67 Å². The molecule has 0 fully saturated rings. The lowest BCUT2D eigenvalue weighted by molar-refractivity contribution is -0.255. The van der Waals surface area contributed by atoms with Crippen LogP contribution in [0.4, 0.5) is 30.7 Å². The van der Waals surface area contributed by atoms with Gasteiger partial charge in [-0.1, -0.05) is 0 Å². The van der Waals surface area contributed by atoms with Crippen molar-refractivity contribution >= 4 is 0 Å². The van der Waals surface area contributed by atoms with Gasteiger partial charge in [0.2, 0.25) is 0 Å². The maximum absolute atomic E-state index is 12.3. The van der Waals surface area contributed by atoms with Gasteiger partial charge in [-0.15, -0.1) is 0 Å². The summed E-state index contributed by atoms with van der Waals surface area (Å²) in [6.07, 6.45) is -9.24. The largest absolute Gasteiger partial charge is 0.428 e. The Morgan fingerprint density at radius 3 is 1.50 bits per heavy atom. The Hall–Kier alpha value is -0.490. The Kier molecular flexibility index (Phi) is 3.34. The zero-order chi connectivity index (χ0) is 9.99. The topological polar surface area (TPSA) is 0 Å². The zero-order valence-corrected chi connectivity index (χ0v) is 5.64. The van der Waals surface area contributed by atoms with E-state index < -0.39 is 31.4 Å². The average molecular weight is 198 g/mol. The van der Waals surface area contributed by atoms with E-state index in [1.165, 1.54) is 0 Å². The predicted molar refractivity (Wildman–Crippen MR) is 26.7 cm³/mol. The summed E-state index contributed by atoms with van der Waals surface area (Å²) in [5.41, 5.74) is -4.72. The van der Waals surface area contributed by atoms with Gasteiger partial charge >= 0.3 is 6.18 Å². The Morgan fingerprint density at radius 1 is 1.00 bits per heavy atom. The SMILES string of the molecule is FCC(F)C(F)(CF)C(F)(F)F. The standard InChI is InChI=1S/C5H5F7/c6-1-3(8)4(9,2-7)5(10,11)12/h3H,1-2H2. The zero-order valence-electron chi connectivity index (χ0n) is 5.64. The molecule has 7 heteroatoms. The van der Waals surface area contributed by atoms with Crippen molar-refractivity contribution in [3.63, 3.8) is 0 Å². The fraction of sp³-hybridized carbons (Fsp3) is 1.00. The van der Waals surface area contributed by atoms with Gasteiger partial charge in [-0.3, -0.25) is 0 Å². The van der Waals surface area contributed by atoms with Crippen molar-refractivity contribution < 1.29 is 30.7 Å². The van der Waals surface area contributed by atoms with E-state index >= 15 is 0 Å². The van der Waals surface area contributed by atoms with Crippen molar-refractivity contribution in [1.82, 2.24) is 0 Å². The fourth-order valence-corrected chi connectivity index (χ4v) is 0.459. The second-order valence-electron chi connectivity index (χ2n) is 2.12. The van der Waals surface area contributed by atoms with Crippen molar-refractivity contribution in [2.45, 2.75) is 18.0 Å². The molecule has 12 heavy (non-hydrogen) atoms. The average Bonchev–Trinajstić information content (AvgIpc) is 1.99. The molecule has 0 amide bonds. The monoisotopic (exact) mass is 198 g/mol. The summed E-state index contributed by atoms with van der Waals surface area (Å²) in [7, 11) is 0. The van der Waals surface area contributed by atoms with E-state index in [0.29, 0.717) is 0 Å². The van der Waals surface area contributed by atoms with Gasteiger partial charge in [-0.2, -0.15) is 13.2 Å². The first kappa shape index (κ1) is 11.5. The number of alkyl halides is 7. The van der Waals surface area contributed by atoms with Crippen LogP contribution in [0.1, 0.15) is 0 Å². The van der Waals surface area contributed by atoms with Crippen molar-refractivity contribution in [3.05, 3.63) is 0 Å². The predicted octanol–water partition coefficient (Wildman–Crippen LogP) is 2.53. The van der Waals surface area contributed by atoms with E-state index in [4.69, 9.17) is 0 Å². The summed E-state index contributed by atoms with van der Waals surface area (Å²) in [6.45, 7) is -4.83. The van der Waals surface area contributed by atoms with Crippen molar-refractivity contribution in [2.75, 3.05) is 13.3 Å². The third kappa shape index (κ3) is 1.81. The van der Waals surface area contributed by atoms with E-state index in [0.717, 1.165) is 0 Å². The van der Waals surface area contributed by atoms with Crippen molar-refractivity contribution in [2.24, 2.45) is 0 Å². The van der Waals surface area contributed by atoms with Crippen LogP contribution in [0.15, 0.2) is 0 Å². The van der Waals surface area contributed by atoms with Crippen LogP contribution in [0.2, 0.25) is 0 Å². The third-order valence-corrected chi connectivity index (χ3v) is 1.30. The summed E-state index contributed by atoms with van der Waals surface area (Å²) < 4.78 is 81.6. The lowest BCUT2D eigenvalue weighted by Crippen LogP contribution is -2.51. The third-order valence-electron chi connectivity index (χ3n) is 1.30. The van der Waals surface area contributed by atoms with Crippen LogP contribution in [0.25, 0.3) is 0 Å². The van der Waals surface area contributed by atoms with E-state index in [2.05, 4.69) is 0 Å². The smallest absolute Gasteiger partial charge is 0.248 e. The molecule has 0 radical (unpaired) electrons. The molecule has 0 saturated heterocycles. The van der Waals surface area contributed by atoms with E-state index in [1.54, 1.807) is 0 Å². The molecule has 0 aromatic carbocycles. The normalized spacial score (nSPS) is 20.2. The molecule has 2 atom stereocenters. The molecule has 0 saturated carbocycles. The molecule has 0 aliphatic rings. The van der Waals surface area contributed by atoms with E-state index in [9.17, 15) is 30.7 Å². The molecular formula is C5H5F7. The minimum Gasteiger partial charge on any atom is -0.248 e. The van der Waals surface area contributed by atoms with Crippen LogP contribution >= 0.6 is 0 Å². The first-order valence-corrected chi connectivity index (χ1v) is 2.81. The minimum atomic E-state index is -5.73. The molecule has 0 rings (SSSR count). The molecule has 0 bridgehead atoms. The van der Waals surface area contributed by atoms with Crippen LogP contribution in [0.3, 0.4) is 0 Å². The van der Waals surface area contributed by atoms with Gasteiger partial charge < -0.3 is 0 Å². The molecule has 0 aliphatic carbocycles. The first-order valence-electron chi connectivity index (χ1n) is 2.81. The summed E-state index contributed by atoms with van der Waals surface area (Å²) in [5, 5.41) is 0. The van der Waals surface area contributed by atoms with Crippen LogP contribution in [0.5, 0.6) is 0 Å². The number of hydrogen-bond acceptors (Lipinski definition) is 0. The van der Waals surface area contributed by atoms with Crippen molar-refractivity contribution in [1.29, 1.82) is 0 Å². The highest BCUT2D eigenvalue weighted by molar-refractivity contribution is 4.93. The summed E-state index contributed by atoms with van der Waals surface area (Å²) in [6, 6.07) is 0. The molecule has 0 spiro atoms. The molecular weight excluding hydrogens is 193 g/mol.